The van der Waals surface area contributed by atoms with Gasteiger partial charge in [0.25, 0.3) is 0 Å². The maximum atomic E-state index is 4.24. The van der Waals surface area contributed by atoms with Crippen molar-refractivity contribution in [1.82, 2.24) is 5.01 Å². The first-order chi connectivity index (χ1) is 6.86. The molecule has 2 rings (SSSR count). The van der Waals surface area contributed by atoms with Gasteiger partial charge in [-0.05, 0) is 31.4 Å². The number of hydrogen-bond donors (Lipinski definition) is 0. The van der Waals surface area contributed by atoms with Crippen molar-refractivity contribution in [1.29, 1.82) is 0 Å². The molecule has 0 N–H and O–H groups in total. The topological polar surface area (TPSA) is 28.0 Å². The summed E-state index contributed by atoms with van der Waals surface area (Å²) in [6, 6.07) is 8.06. The molecule has 0 aromatic heterocycles. The Morgan fingerprint density at radius 1 is 1.14 bits per heavy atom. The van der Waals surface area contributed by atoms with Crippen LogP contribution in [-0.4, -0.2) is 18.1 Å². The molecule has 0 amide bonds. The quantitative estimate of drug-likeness (QED) is 0.657. The minimum Gasteiger partial charge on any atom is -0.278 e. The van der Waals surface area contributed by atoms with E-state index in [1.54, 1.807) is 0 Å². The Kier molecular flexibility index (Phi) is 2.77. The second-order valence-electron chi connectivity index (χ2n) is 3.64. The monoisotopic (exact) mass is 189 g/mol. The van der Waals surface area contributed by atoms with Crippen LogP contribution in [0.25, 0.3) is 0 Å². The number of benzene rings is 1. The predicted octanol–water partition coefficient (Wildman–Crippen LogP) is 3.09. The summed E-state index contributed by atoms with van der Waals surface area (Å²) in [4.78, 5) is 0. The van der Waals surface area contributed by atoms with Crippen molar-refractivity contribution in [3.05, 3.63) is 29.8 Å². The number of nitrogens with zero attached hydrogens (tertiary/aromatic N) is 3. The Hall–Kier alpha value is -1.38. The largest absolute Gasteiger partial charge is 0.278 e. The van der Waals surface area contributed by atoms with Gasteiger partial charge >= 0.3 is 0 Å². The lowest BCUT2D eigenvalue weighted by molar-refractivity contribution is 0.336. The molecule has 3 heteroatoms. The van der Waals surface area contributed by atoms with Crippen molar-refractivity contribution in [2.45, 2.75) is 19.8 Å². The normalized spacial score (nSPS) is 16.8. The van der Waals surface area contributed by atoms with E-state index >= 15 is 0 Å². The Balaban J connectivity index is 2.06. The van der Waals surface area contributed by atoms with Crippen LogP contribution < -0.4 is 0 Å². The van der Waals surface area contributed by atoms with Gasteiger partial charge in [0.05, 0.1) is 5.69 Å². The summed E-state index contributed by atoms with van der Waals surface area (Å²) in [5.74, 6) is 0. The molecule has 1 aromatic carbocycles. The third-order valence-electron chi connectivity index (χ3n) is 2.48. The van der Waals surface area contributed by atoms with Crippen LogP contribution in [0.2, 0.25) is 0 Å². The molecule has 0 radical (unpaired) electrons. The fraction of sp³-hybridized carbons (Fsp3) is 0.455. The van der Waals surface area contributed by atoms with Crippen molar-refractivity contribution in [3.63, 3.8) is 0 Å². The van der Waals surface area contributed by atoms with E-state index in [9.17, 15) is 0 Å². The molecule has 1 aliphatic rings. The molecule has 1 heterocycles. The van der Waals surface area contributed by atoms with Gasteiger partial charge in [0.2, 0.25) is 0 Å². The smallest absolute Gasteiger partial charge is 0.0903 e. The minimum absolute atomic E-state index is 0.972. The van der Waals surface area contributed by atoms with Gasteiger partial charge in [0.15, 0.2) is 0 Å². The van der Waals surface area contributed by atoms with Crippen molar-refractivity contribution in [2.75, 3.05) is 13.1 Å². The standard InChI is InChI=1S/C11H15N3/c1-10-6-2-3-7-11(10)12-13-14-8-4-5-9-14/h2-3,6-7H,4-5,8-9H2,1H3. The fourth-order valence-corrected chi connectivity index (χ4v) is 1.58. The van der Waals surface area contributed by atoms with Gasteiger partial charge in [-0.3, -0.25) is 5.01 Å². The van der Waals surface area contributed by atoms with Crippen LogP contribution in [-0.2, 0) is 0 Å². The summed E-state index contributed by atoms with van der Waals surface area (Å²) in [6.07, 6.45) is 2.49. The molecule has 1 aromatic rings. The molecule has 1 saturated heterocycles. The first-order valence-corrected chi connectivity index (χ1v) is 5.08. The lowest BCUT2D eigenvalue weighted by Crippen LogP contribution is -2.09. The summed E-state index contributed by atoms with van der Waals surface area (Å²) in [5.41, 5.74) is 2.15. The number of hydrogen-bond acceptors (Lipinski definition) is 2. The maximum Gasteiger partial charge on any atom is 0.0903 e. The van der Waals surface area contributed by atoms with Gasteiger partial charge in [0.1, 0.15) is 0 Å². The lowest BCUT2D eigenvalue weighted by atomic mass is 10.2. The van der Waals surface area contributed by atoms with Gasteiger partial charge in [-0.2, -0.15) is 0 Å². The van der Waals surface area contributed by atoms with E-state index in [0.717, 1.165) is 18.8 Å². The molecule has 0 saturated carbocycles. The van der Waals surface area contributed by atoms with Gasteiger partial charge in [0, 0.05) is 13.1 Å². The molecule has 1 fully saturated rings. The molecule has 0 unspecified atom stereocenters. The second kappa shape index (κ2) is 4.22. The molecular weight excluding hydrogens is 174 g/mol. The lowest BCUT2D eigenvalue weighted by Gasteiger charge is -2.07. The number of rotatable bonds is 2. The minimum atomic E-state index is 0.972. The van der Waals surface area contributed by atoms with E-state index in [-0.39, 0.29) is 0 Å². The highest BCUT2D eigenvalue weighted by Gasteiger charge is 2.08. The summed E-state index contributed by atoms with van der Waals surface area (Å²) in [6.45, 7) is 4.16. The first-order valence-electron chi connectivity index (χ1n) is 5.08. The zero-order valence-electron chi connectivity index (χ0n) is 8.48. The number of aryl methyl sites for hydroxylation is 1. The SMILES string of the molecule is Cc1ccccc1N=NN1CCCC1. The molecule has 3 nitrogen and oxygen atoms in total. The maximum absolute atomic E-state index is 4.24. The zero-order valence-corrected chi connectivity index (χ0v) is 8.48. The van der Waals surface area contributed by atoms with Crippen LogP contribution >= 0.6 is 0 Å². The summed E-state index contributed by atoms with van der Waals surface area (Å²) in [5, 5.41) is 10.5. The van der Waals surface area contributed by atoms with E-state index in [0.29, 0.717) is 0 Å². The predicted molar refractivity (Wildman–Crippen MR) is 56.5 cm³/mol. The van der Waals surface area contributed by atoms with Crippen LogP contribution in [0.15, 0.2) is 34.6 Å². The highest BCUT2D eigenvalue weighted by atomic mass is 15.5. The highest BCUT2D eigenvalue weighted by molar-refractivity contribution is 5.43. The van der Waals surface area contributed by atoms with Gasteiger partial charge < -0.3 is 0 Å². The summed E-state index contributed by atoms with van der Waals surface area (Å²) < 4.78 is 0. The zero-order chi connectivity index (χ0) is 9.80. The molecule has 14 heavy (non-hydrogen) atoms. The molecule has 0 spiro atoms. The van der Waals surface area contributed by atoms with Gasteiger partial charge in [-0.25, -0.2) is 0 Å². The average molecular weight is 189 g/mol. The van der Waals surface area contributed by atoms with E-state index in [2.05, 4.69) is 23.3 Å². The van der Waals surface area contributed by atoms with Crippen molar-refractivity contribution in [2.24, 2.45) is 10.3 Å². The summed E-state index contributed by atoms with van der Waals surface area (Å²) >= 11 is 0. The first kappa shape index (κ1) is 9.19. The van der Waals surface area contributed by atoms with Crippen LogP contribution in [0.4, 0.5) is 5.69 Å². The van der Waals surface area contributed by atoms with E-state index in [1.165, 1.54) is 18.4 Å². The highest BCUT2D eigenvalue weighted by Crippen LogP contribution is 2.18. The van der Waals surface area contributed by atoms with Crippen LogP contribution in [0.5, 0.6) is 0 Å². The Labute approximate surface area is 84.4 Å². The Morgan fingerprint density at radius 3 is 2.57 bits per heavy atom. The fourth-order valence-electron chi connectivity index (χ4n) is 1.58. The molecule has 0 bridgehead atoms. The van der Waals surface area contributed by atoms with Gasteiger partial charge in [-0.1, -0.05) is 23.4 Å². The van der Waals surface area contributed by atoms with Gasteiger partial charge in [-0.15, -0.1) is 5.11 Å². The average Bonchev–Trinajstić information content (AvgIpc) is 2.69. The molecule has 0 atom stereocenters. The third kappa shape index (κ3) is 2.10. The molecule has 74 valence electrons. The third-order valence-corrected chi connectivity index (χ3v) is 2.48. The molecular formula is C11H15N3. The van der Waals surface area contributed by atoms with Crippen molar-refractivity contribution < 1.29 is 0 Å². The molecule has 1 aliphatic heterocycles. The van der Waals surface area contributed by atoms with Crippen LogP contribution in [0.1, 0.15) is 18.4 Å². The van der Waals surface area contributed by atoms with Crippen LogP contribution in [0, 0.1) is 6.92 Å². The van der Waals surface area contributed by atoms with E-state index in [1.807, 2.05) is 23.2 Å². The van der Waals surface area contributed by atoms with E-state index < -0.39 is 0 Å². The Bertz CT molecular complexity index is 327. The molecule has 0 aliphatic carbocycles. The van der Waals surface area contributed by atoms with E-state index in [4.69, 9.17) is 0 Å². The van der Waals surface area contributed by atoms with Crippen molar-refractivity contribution in [3.8, 4) is 0 Å². The van der Waals surface area contributed by atoms with Crippen LogP contribution in [0.3, 0.4) is 0 Å². The Morgan fingerprint density at radius 2 is 1.86 bits per heavy atom. The summed E-state index contributed by atoms with van der Waals surface area (Å²) in [7, 11) is 0. The second-order valence-corrected chi connectivity index (χ2v) is 3.64. The van der Waals surface area contributed by atoms with Crippen molar-refractivity contribution >= 4 is 5.69 Å².